The average molecular weight is 625 g/mol. The summed E-state index contributed by atoms with van der Waals surface area (Å²) >= 11 is 10.0. The van der Waals surface area contributed by atoms with Gasteiger partial charge in [0.25, 0.3) is 5.91 Å². The summed E-state index contributed by atoms with van der Waals surface area (Å²) in [6, 6.07) is 33.8. The third kappa shape index (κ3) is 6.09. The zero-order valence-corrected chi connectivity index (χ0v) is 23.9. The number of anilines is 2. The maximum atomic E-state index is 13.0. The minimum Gasteiger partial charge on any atom is -0.457 e. The summed E-state index contributed by atoms with van der Waals surface area (Å²) in [5.41, 5.74) is 4.38. The Kier molecular flexibility index (Phi) is 7.67. The number of rotatable bonds is 8. The molecular formula is C32H23BrClN5O2. The van der Waals surface area contributed by atoms with E-state index in [2.05, 4.69) is 31.7 Å². The first-order valence-electron chi connectivity index (χ1n) is 12.8. The number of halogens is 2. The quantitative estimate of drug-likeness (QED) is 0.178. The number of fused-ring (bicyclic) bond motifs is 1. The third-order valence-corrected chi connectivity index (χ3v) is 7.20. The highest BCUT2D eigenvalue weighted by molar-refractivity contribution is 9.10. The number of carbonyl (C=O) groups is 1. The fraction of sp³-hybridized carbons (Fsp3) is 0.0312. The molecule has 2 heterocycles. The molecule has 4 aromatic carbocycles. The van der Waals surface area contributed by atoms with Crippen molar-refractivity contribution < 1.29 is 9.53 Å². The van der Waals surface area contributed by atoms with E-state index in [4.69, 9.17) is 21.3 Å². The summed E-state index contributed by atoms with van der Waals surface area (Å²) < 4.78 is 8.39. The number of carbonyl (C=O) groups excluding carboxylic acids is 1. The number of para-hydroxylation sites is 1. The van der Waals surface area contributed by atoms with Crippen molar-refractivity contribution in [2.75, 3.05) is 10.6 Å². The molecule has 6 rings (SSSR count). The molecule has 0 unspecified atom stereocenters. The van der Waals surface area contributed by atoms with Crippen molar-refractivity contribution in [3.8, 4) is 22.8 Å². The molecule has 0 aliphatic heterocycles. The molecule has 0 fully saturated rings. The molecule has 0 atom stereocenters. The molecule has 202 valence electrons. The molecule has 0 saturated heterocycles. The largest absolute Gasteiger partial charge is 0.457 e. The van der Waals surface area contributed by atoms with Gasteiger partial charge in [-0.2, -0.15) is 9.61 Å². The number of amides is 1. The lowest BCUT2D eigenvalue weighted by Crippen LogP contribution is -2.12. The Morgan fingerprint density at radius 2 is 1.66 bits per heavy atom. The molecular weight excluding hydrogens is 602 g/mol. The van der Waals surface area contributed by atoms with E-state index in [1.54, 1.807) is 28.9 Å². The number of ether oxygens (including phenoxy) is 1. The van der Waals surface area contributed by atoms with Crippen molar-refractivity contribution >= 4 is 50.6 Å². The van der Waals surface area contributed by atoms with Crippen molar-refractivity contribution in [2.45, 2.75) is 6.54 Å². The van der Waals surface area contributed by atoms with Gasteiger partial charge in [-0.25, -0.2) is 4.98 Å². The Balaban J connectivity index is 1.18. The minimum absolute atomic E-state index is 0.227. The molecule has 2 N–H and O–H groups in total. The van der Waals surface area contributed by atoms with Gasteiger partial charge in [-0.3, -0.25) is 4.79 Å². The lowest BCUT2D eigenvalue weighted by molar-refractivity contribution is 0.102. The van der Waals surface area contributed by atoms with Crippen LogP contribution < -0.4 is 15.4 Å². The number of hydrogen-bond acceptors (Lipinski definition) is 5. The molecule has 0 radical (unpaired) electrons. The molecule has 0 spiro atoms. The van der Waals surface area contributed by atoms with Crippen molar-refractivity contribution in [3.63, 3.8) is 0 Å². The SMILES string of the molecule is O=C(Nc1cccc(CNc2cc(-c3ccccc3Cl)nc3c(Br)cnn23)c1)c1cccc(Oc2ccccc2)c1. The normalized spacial score (nSPS) is 10.9. The van der Waals surface area contributed by atoms with Crippen LogP contribution in [0.4, 0.5) is 11.5 Å². The van der Waals surface area contributed by atoms with Gasteiger partial charge in [0.2, 0.25) is 0 Å². The lowest BCUT2D eigenvalue weighted by Gasteiger charge is -2.13. The van der Waals surface area contributed by atoms with Crippen LogP contribution in [0.1, 0.15) is 15.9 Å². The monoisotopic (exact) mass is 623 g/mol. The molecule has 9 heteroatoms. The maximum absolute atomic E-state index is 13.0. The summed E-state index contributed by atoms with van der Waals surface area (Å²) in [5.74, 6) is 1.82. The van der Waals surface area contributed by atoms with Crippen molar-refractivity contribution in [2.24, 2.45) is 0 Å². The van der Waals surface area contributed by atoms with Crippen LogP contribution in [0.2, 0.25) is 5.02 Å². The molecule has 0 aliphatic rings. The van der Waals surface area contributed by atoms with E-state index >= 15 is 0 Å². The Bertz CT molecular complexity index is 1860. The second-order valence-electron chi connectivity index (χ2n) is 9.19. The Morgan fingerprint density at radius 3 is 2.51 bits per heavy atom. The molecule has 1 amide bonds. The highest BCUT2D eigenvalue weighted by Gasteiger charge is 2.14. The second-order valence-corrected chi connectivity index (χ2v) is 10.4. The van der Waals surface area contributed by atoms with Crippen molar-refractivity contribution in [3.05, 3.63) is 136 Å². The second kappa shape index (κ2) is 11.8. The topological polar surface area (TPSA) is 80.5 Å². The van der Waals surface area contributed by atoms with Gasteiger partial charge in [-0.15, -0.1) is 0 Å². The predicted octanol–water partition coefficient (Wildman–Crippen LogP) is 8.47. The smallest absolute Gasteiger partial charge is 0.255 e. The summed E-state index contributed by atoms with van der Waals surface area (Å²) in [6.07, 6.45) is 1.71. The Labute approximate surface area is 249 Å². The minimum atomic E-state index is -0.227. The van der Waals surface area contributed by atoms with Crippen LogP contribution in [-0.4, -0.2) is 20.5 Å². The molecule has 7 nitrogen and oxygen atoms in total. The van der Waals surface area contributed by atoms with E-state index in [-0.39, 0.29) is 5.91 Å². The number of aromatic nitrogens is 3. The van der Waals surface area contributed by atoms with Crippen LogP contribution in [0.3, 0.4) is 0 Å². The van der Waals surface area contributed by atoms with E-state index in [0.29, 0.717) is 40.0 Å². The molecule has 0 saturated carbocycles. The van der Waals surface area contributed by atoms with Gasteiger partial charge < -0.3 is 15.4 Å². The molecule has 2 aromatic heterocycles. The first-order chi connectivity index (χ1) is 20.0. The highest BCUT2D eigenvalue weighted by Crippen LogP contribution is 2.30. The molecule has 0 aliphatic carbocycles. The maximum Gasteiger partial charge on any atom is 0.255 e. The first kappa shape index (κ1) is 26.6. The predicted molar refractivity (Wildman–Crippen MR) is 166 cm³/mol. The van der Waals surface area contributed by atoms with Gasteiger partial charge in [0, 0.05) is 34.4 Å². The van der Waals surface area contributed by atoms with Crippen LogP contribution in [0.25, 0.3) is 16.9 Å². The third-order valence-electron chi connectivity index (χ3n) is 6.31. The summed E-state index contributed by atoms with van der Waals surface area (Å²) in [4.78, 5) is 17.8. The Hall–Kier alpha value is -4.66. The van der Waals surface area contributed by atoms with Crippen molar-refractivity contribution in [1.29, 1.82) is 0 Å². The number of hydrogen-bond donors (Lipinski definition) is 2. The summed E-state index contributed by atoms with van der Waals surface area (Å²) in [7, 11) is 0. The number of nitrogens with zero attached hydrogens (tertiary/aromatic N) is 3. The fourth-order valence-corrected chi connectivity index (χ4v) is 4.93. The zero-order valence-electron chi connectivity index (χ0n) is 21.6. The molecule has 6 aromatic rings. The van der Waals surface area contributed by atoms with Gasteiger partial charge in [0.15, 0.2) is 5.65 Å². The summed E-state index contributed by atoms with van der Waals surface area (Å²) in [6.45, 7) is 0.489. The highest BCUT2D eigenvalue weighted by atomic mass is 79.9. The number of benzene rings is 4. The first-order valence-corrected chi connectivity index (χ1v) is 14.0. The van der Waals surface area contributed by atoms with Gasteiger partial charge in [0.1, 0.15) is 17.3 Å². The average Bonchev–Trinajstić information content (AvgIpc) is 3.37. The zero-order chi connectivity index (χ0) is 28.2. The van der Waals surface area contributed by atoms with Crippen LogP contribution in [0.5, 0.6) is 11.5 Å². The van der Waals surface area contributed by atoms with E-state index in [9.17, 15) is 4.79 Å². The fourth-order valence-electron chi connectivity index (χ4n) is 4.35. The van der Waals surface area contributed by atoms with Crippen LogP contribution in [-0.2, 0) is 6.54 Å². The van der Waals surface area contributed by atoms with E-state index in [1.807, 2.05) is 91.0 Å². The number of nitrogens with one attached hydrogen (secondary N) is 2. The molecule has 41 heavy (non-hydrogen) atoms. The van der Waals surface area contributed by atoms with Crippen LogP contribution in [0.15, 0.2) is 120 Å². The van der Waals surface area contributed by atoms with Gasteiger partial charge in [-0.1, -0.05) is 66.2 Å². The van der Waals surface area contributed by atoms with E-state index < -0.39 is 0 Å². The van der Waals surface area contributed by atoms with E-state index in [1.165, 1.54) is 0 Å². The standard InChI is InChI=1S/C32H23BrClN5O2/c33-27-20-36-39-30(18-29(38-31(27)39)26-14-4-5-15-28(26)34)35-19-21-8-6-10-23(16-21)37-32(40)22-9-7-13-25(17-22)41-24-11-2-1-3-12-24/h1-18,20,35H,19H2,(H,37,40). The van der Waals surface area contributed by atoms with Crippen molar-refractivity contribution in [1.82, 2.24) is 14.6 Å². The van der Waals surface area contributed by atoms with E-state index in [0.717, 1.165) is 27.1 Å². The molecule has 0 bridgehead atoms. The van der Waals surface area contributed by atoms with Gasteiger partial charge in [-0.05, 0) is 70.0 Å². The summed E-state index contributed by atoms with van der Waals surface area (Å²) in [5, 5.41) is 11.5. The van der Waals surface area contributed by atoms with Crippen LogP contribution in [0, 0.1) is 0 Å². The van der Waals surface area contributed by atoms with Gasteiger partial charge in [0.05, 0.1) is 16.4 Å². The Morgan fingerprint density at radius 1 is 0.878 bits per heavy atom. The van der Waals surface area contributed by atoms with Crippen LogP contribution >= 0.6 is 27.5 Å². The lowest BCUT2D eigenvalue weighted by atomic mass is 10.1. The van der Waals surface area contributed by atoms with Gasteiger partial charge >= 0.3 is 0 Å².